The van der Waals surface area contributed by atoms with Crippen LogP contribution in [0.25, 0.3) is 0 Å². The molecule has 30 heavy (non-hydrogen) atoms. The molecule has 0 bridgehead atoms. The quantitative estimate of drug-likeness (QED) is 0.721. The van der Waals surface area contributed by atoms with Crippen molar-refractivity contribution in [2.75, 3.05) is 14.2 Å². The molecule has 2 N–H and O–H groups in total. The monoisotopic (exact) mass is 425 g/mol. The number of ether oxygens (including phenoxy) is 2. The van der Waals surface area contributed by atoms with E-state index in [1.807, 2.05) is 18.4 Å². The highest BCUT2D eigenvalue weighted by Crippen LogP contribution is 2.47. The smallest absolute Gasteiger partial charge is 0.336 e. The first-order chi connectivity index (χ1) is 14.4. The van der Waals surface area contributed by atoms with E-state index in [4.69, 9.17) is 9.47 Å². The zero-order valence-corrected chi connectivity index (χ0v) is 17.8. The number of allylic oxidation sites excluding steroid dienone is 3. The third-order valence-corrected chi connectivity index (χ3v) is 6.75. The summed E-state index contributed by atoms with van der Waals surface area (Å²) in [6, 6.07) is 9.01. The molecule has 156 valence electrons. The Balaban J connectivity index is 1.84. The zero-order valence-electron chi connectivity index (χ0n) is 17.0. The van der Waals surface area contributed by atoms with Gasteiger partial charge in [-0.15, -0.1) is 11.3 Å². The first-order valence-corrected chi connectivity index (χ1v) is 10.5. The van der Waals surface area contributed by atoms with E-state index in [0.717, 1.165) is 5.70 Å². The van der Waals surface area contributed by atoms with Gasteiger partial charge >= 0.3 is 5.97 Å². The summed E-state index contributed by atoms with van der Waals surface area (Å²) in [6.45, 7) is 1.81. The van der Waals surface area contributed by atoms with Gasteiger partial charge < -0.3 is 19.9 Å². The van der Waals surface area contributed by atoms with Crippen molar-refractivity contribution in [3.8, 4) is 11.5 Å². The second-order valence-electron chi connectivity index (χ2n) is 7.46. The minimum absolute atomic E-state index is 0.00337. The number of rotatable bonds is 4. The largest absolute Gasteiger partial charge is 0.504 e. The first-order valence-electron chi connectivity index (χ1n) is 9.67. The molecule has 0 saturated carbocycles. The van der Waals surface area contributed by atoms with Gasteiger partial charge in [0.25, 0.3) is 0 Å². The summed E-state index contributed by atoms with van der Waals surface area (Å²) >= 11 is 1.65. The van der Waals surface area contributed by atoms with Crippen molar-refractivity contribution in [3.05, 3.63) is 68.7 Å². The van der Waals surface area contributed by atoms with Crippen LogP contribution in [0.2, 0.25) is 0 Å². The van der Waals surface area contributed by atoms with Gasteiger partial charge in [-0.25, -0.2) is 4.79 Å². The Morgan fingerprint density at radius 3 is 2.67 bits per heavy atom. The lowest BCUT2D eigenvalue weighted by Crippen LogP contribution is -2.35. The third kappa shape index (κ3) is 3.39. The van der Waals surface area contributed by atoms with Gasteiger partial charge in [0, 0.05) is 40.1 Å². The number of phenolic OH excluding ortho intramolecular Hbond substituents is 1. The number of hydrogen-bond donors (Lipinski definition) is 2. The summed E-state index contributed by atoms with van der Waals surface area (Å²) < 4.78 is 10.2. The van der Waals surface area contributed by atoms with Crippen LogP contribution >= 0.6 is 11.3 Å². The number of ketones is 1. The molecule has 0 saturated heterocycles. The van der Waals surface area contributed by atoms with Crippen molar-refractivity contribution in [2.45, 2.75) is 31.6 Å². The van der Waals surface area contributed by atoms with Gasteiger partial charge in [0.2, 0.25) is 0 Å². The Labute approximate surface area is 178 Å². The summed E-state index contributed by atoms with van der Waals surface area (Å²) in [4.78, 5) is 27.2. The van der Waals surface area contributed by atoms with Gasteiger partial charge in [-0.2, -0.15) is 0 Å². The number of benzene rings is 1. The molecule has 7 heteroatoms. The van der Waals surface area contributed by atoms with Gasteiger partial charge in [-0.1, -0.05) is 12.1 Å². The number of thiophene rings is 1. The number of Topliss-reactive ketones (excluding diaryl/α,β-unsaturated/α-hetero) is 1. The van der Waals surface area contributed by atoms with Crippen LogP contribution in [-0.4, -0.2) is 31.1 Å². The first kappa shape index (κ1) is 20.2. The van der Waals surface area contributed by atoms with Crippen LogP contribution in [0.3, 0.4) is 0 Å². The molecular formula is C23H23NO5S. The van der Waals surface area contributed by atoms with E-state index in [9.17, 15) is 14.7 Å². The lowest BCUT2D eigenvalue weighted by molar-refractivity contribution is -0.136. The van der Waals surface area contributed by atoms with Crippen molar-refractivity contribution < 1.29 is 24.2 Å². The van der Waals surface area contributed by atoms with Crippen molar-refractivity contribution >= 4 is 23.1 Å². The molecule has 1 aliphatic carbocycles. The standard InChI is InChI=1S/C23H23NO5S/c1-12-20(23(27)29-3)21(13-6-7-18(28-2)16(25)10-13)22-15(24-12)9-14(11-17(22)26)19-5-4-8-30-19/h4-8,10,14,21,24-25H,9,11H2,1-3H3/t14-,21-/m0/s1. The molecule has 2 heterocycles. The van der Waals surface area contributed by atoms with Crippen molar-refractivity contribution in [1.29, 1.82) is 0 Å². The number of carbonyl (C=O) groups excluding carboxylic acids is 2. The Morgan fingerprint density at radius 1 is 1.23 bits per heavy atom. The summed E-state index contributed by atoms with van der Waals surface area (Å²) in [7, 11) is 2.80. The fourth-order valence-electron chi connectivity index (χ4n) is 4.36. The minimum atomic E-state index is -0.609. The lowest BCUT2D eigenvalue weighted by atomic mass is 9.72. The predicted octanol–water partition coefficient (Wildman–Crippen LogP) is 4.00. The summed E-state index contributed by atoms with van der Waals surface area (Å²) in [5.74, 6) is -0.716. The number of esters is 1. The minimum Gasteiger partial charge on any atom is -0.504 e. The highest BCUT2D eigenvalue weighted by Gasteiger charge is 2.41. The molecule has 0 fully saturated rings. The maximum absolute atomic E-state index is 13.3. The van der Waals surface area contributed by atoms with Crippen LogP contribution in [0.1, 0.15) is 42.0 Å². The summed E-state index contributed by atoms with van der Waals surface area (Å²) in [5, 5.41) is 15.6. The molecule has 2 aliphatic rings. The summed E-state index contributed by atoms with van der Waals surface area (Å²) in [6.07, 6.45) is 1.07. The molecule has 1 aromatic carbocycles. The average molecular weight is 426 g/mol. The van der Waals surface area contributed by atoms with Gasteiger partial charge in [-0.3, -0.25) is 4.79 Å². The Bertz CT molecular complexity index is 1070. The molecule has 0 spiro atoms. The van der Waals surface area contributed by atoms with Gasteiger partial charge in [0.05, 0.1) is 19.8 Å². The van der Waals surface area contributed by atoms with Crippen molar-refractivity contribution in [3.63, 3.8) is 0 Å². The molecule has 1 aliphatic heterocycles. The highest BCUT2D eigenvalue weighted by atomic mass is 32.1. The number of phenols is 1. The van der Waals surface area contributed by atoms with E-state index in [1.54, 1.807) is 29.5 Å². The van der Waals surface area contributed by atoms with Crippen LogP contribution in [0.5, 0.6) is 11.5 Å². The van der Waals surface area contributed by atoms with Gasteiger partial charge in [0.15, 0.2) is 17.3 Å². The SMILES string of the molecule is COC(=O)C1=C(C)NC2=C(C(=O)C[C@@H](c3cccs3)C2)[C@H]1c1ccc(OC)c(O)c1. The summed E-state index contributed by atoms with van der Waals surface area (Å²) in [5.41, 5.74) is 3.07. The van der Waals surface area contributed by atoms with Gasteiger partial charge in [-0.05, 0) is 42.5 Å². The molecule has 6 nitrogen and oxygen atoms in total. The fraction of sp³-hybridized carbons (Fsp3) is 0.304. The molecule has 0 radical (unpaired) electrons. The Morgan fingerprint density at radius 2 is 2.03 bits per heavy atom. The Kier molecular flexibility index (Phi) is 5.39. The normalized spacial score (nSPS) is 21.2. The molecule has 2 atom stereocenters. The number of dihydropyridines is 1. The topological polar surface area (TPSA) is 84.9 Å². The maximum Gasteiger partial charge on any atom is 0.336 e. The molecule has 2 aromatic rings. The van der Waals surface area contributed by atoms with E-state index in [2.05, 4.69) is 11.4 Å². The average Bonchev–Trinajstić information content (AvgIpc) is 3.27. The van der Waals surface area contributed by atoms with E-state index < -0.39 is 11.9 Å². The fourth-order valence-corrected chi connectivity index (χ4v) is 5.19. The number of hydrogen-bond acceptors (Lipinski definition) is 7. The van der Waals surface area contributed by atoms with Crippen LogP contribution < -0.4 is 10.1 Å². The lowest BCUT2D eigenvalue weighted by Gasteiger charge is -2.36. The Hall–Kier alpha value is -3.06. The van der Waals surface area contributed by atoms with E-state index >= 15 is 0 Å². The molecule has 4 rings (SSSR count). The molecule has 1 aromatic heterocycles. The van der Waals surface area contributed by atoms with Crippen LogP contribution in [0.15, 0.2) is 58.3 Å². The molecular weight excluding hydrogens is 402 g/mol. The molecule has 0 unspecified atom stereocenters. The third-order valence-electron chi connectivity index (χ3n) is 5.71. The number of aromatic hydroxyl groups is 1. The zero-order chi connectivity index (χ0) is 21.4. The molecule has 0 amide bonds. The predicted molar refractivity (Wildman–Crippen MR) is 114 cm³/mol. The van der Waals surface area contributed by atoms with Crippen molar-refractivity contribution in [1.82, 2.24) is 5.32 Å². The number of nitrogens with one attached hydrogen (secondary N) is 1. The number of carbonyl (C=O) groups is 2. The van der Waals surface area contributed by atoms with Crippen molar-refractivity contribution in [2.24, 2.45) is 0 Å². The van der Waals surface area contributed by atoms with Gasteiger partial charge in [0.1, 0.15) is 0 Å². The van der Waals surface area contributed by atoms with E-state index in [0.29, 0.717) is 41.0 Å². The highest BCUT2D eigenvalue weighted by molar-refractivity contribution is 7.10. The van der Waals surface area contributed by atoms with E-state index in [-0.39, 0.29) is 17.5 Å². The van der Waals surface area contributed by atoms with Crippen LogP contribution in [-0.2, 0) is 14.3 Å². The second kappa shape index (κ2) is 7.99. The van der Waals surface area contributed by atoms with Crippen LogP contribution in [0, 0.1) is 0 Å². The second-order valence-corrected chi connectivity index (χ2v) is 8.43. The van der Waals surface area contributed by atoms with E-state index in [1.165, 1.54) is 19.1 Å². The maximum atomic E-state index is 13.3. The number of methoxy groups -OCH3 is 2. The van der Waals surface area contributed by atoms with Crippen LogP contribution in [0.4, 0.5) is 0 Å².